The Morgan fingerprint density at radius 3 is 2.53 bits per heavy atom. The molecule has 1 saturated heterocycles. The Labute approximate surface area is 340 Å². The maximum Gasteiger partial charge on any atom is 0.408 e. The van der Waals surface area contributed by atoms with Crippen molar-refractivity contribution in [1.29, 1.82) is 0 Å². The van der Waals surface area contributed by atoms with Crippen LogP contribution in [0.3, 0.4) is 0 Å². The van der Waals surface area contributed by atoms with Crippen LogP contribution in [0.5, 0.6) is 11.6 Å². The third-order valence-electron chi connectivity index (χ3n) is 12.5. The molecule has 15 heteroatoms. The quantitative estimate of drug-likeness (QED) is 0.268. The Hall–Kier alpha value is -4.66. The number of carbonyl (C=O) groups excluding carboxylic acids is 4. The molecular weight excluding hydrogens is 763 g/mol. The van der Waals surface area contributed by atoms with E-state index in [-0.39, 0.29) is 30.9 Å². The van der Waals surface area contributed by atoms with Crippen molar-refractivity contribution in [3.63, 3.8) is 0 Å². The lowest BCUT2D eigenvalue weighted by molar-refractivity contribution is -0.142. The monoisotopic (exact) mass is 819 g/mol. The number of alkyl carbamates (subject to hydrolysis) is 1. The van der Waals surface area contributed by atoms with Gasteiger partial charge in [-0.15, -0.1) is 6.58 Å². The number of hydrogen-bond donors (Lipinski definition) is 3. The molecule has 3 aliphatic carbocycles. The molecule has 5 aliphatic rings. The van der Waals surface area contributed by atoms with Crippen molar-refractivity contribution in [2.75, 3.05) is 13.2 Å². The van der Waals surface area contributed by atoms with Crippen molar-refractivity contribution in [3.05, 3.63) is 54.6 Å². The number of hydrogen-bond acceptors (Lipinski definition) is 10. The molecule has 14 nitrogen and oxygen atoms in total. The van der Waals surface area contributed by atoms with Crippen molar-refractivity contribution >= 4 is 44.7 Å². The van der Waals surface area contributed by atoms with Crippen LogP contribution in [-0.2, 0) is 35.6 Å². The zero-order valence-corrected chi connectivity index (χ0v) is 34.3. The van der Waals surface area contributed by atoms with Crippen molar-refractivity contribution in [2.24, 2.45) is 17.8 Å². The van der Waals surface area contributed by atoms with E-state index in [9.17, 15) is 27.6 Å². The highest BCUT2D eigenvalue weighted by molar-refractivity contribution is 7.90. The Morgan fingerprint density at radius 1 is 1.03 bits per heavy atom. The van der Waals surface area contributed by atoms with Gasteiger partial charge in [0.15, 0.2) is 0 Å². The number of benzene rings is 1. The summed E-state index contributed by atoms with van der Waals surface area (Å²) < 4.78 is 46.7. The van der Waals surface area contributed by atoms with Gasteiger partial charge in [-0.05, 0) is 95.1 Å². The predicted molar refractivity (Wildman–Crippen MR) is 217 cm³/mol. The molecule has 2 aliphatic heterocycles. The summed E-state index contributed by atoms with van der Waals surface area (Å²) >= 11 is 0. The van der Waals surface area contributed by atoms with E-state index in [1.807, 2.05) is 31.2 Å². The minimum absolute atomic E-state index is 0.0146. The largest absolute Gasteiger partial charge is 0.493 e. The molecule has 7 atom stereocenters. The molecule has 4 fully saturated rings. The zero-order valence-electron chi connectivity index (χ0n) is 33.5. The van der Waals surface area contributed by atoms with Crippen molar-refractivity contribution in [3.8, 4) is 11.6 Å². The lowest BCUT2D eigenvalue weighted by atomic mass is 9.96. The van der Waals surface area contributed by atoms with Crippen molar-refractivity contribution in [1.82, 2.24) is 25.2 Å². The van der Waals surface area contributed by atoms with Gasteiger partial charge < -0.3 is 29.7 Å². The van der Waals surface area contributed by atoms with Gasteiger partial charge in [-0.3, -0.25) is 19.1 Å². The highest BCUT2D eigenvalue weighted by atomic mass is 32.2. The van der Waals surface area contributed by atoms with Crippen LogP contribution in [-0.4, -0.2) is 90.9 Å². The van der Waals surface area contributed by atoms with Crippen LogP contribution in [0, 0.1) is 17.8 Å². The van der Waals surface area contributed by atoms with Crippen molar-refractivity contribution < 1.29 is 41.8 Å². The Balaban J connectivity index is 1.26. The number of carbonyl (C=O) groups is 4. The number of para-hydroxylation sites is 1. The van der Waals surface area contributed by atoms with Crippen LogP contribution in [0.1, 0.15) is 96.5 Å². The topological polar surface area (TPSA) is 182 Å². The first-order valence-corrected chi connectivity index (χ1v) is 22.6. The number of fused-ring (bicyclic) bond motifs is 5. The van der Waals surface area contributed by atoms with Gasteiger partial charge in [0.1, 0.15) is 36.1 Å². The number of ether oxygens (including phenoxy) is 3. The fourth-order valence-corrected chi connectivity index (χ4v) is 10.4. The number of rotatable bonds is 10. The molecule has 1 aromatic carbocycles. The van der Waals surface area contributed by atoms with Gasteiger partial charge in [0.05, 0.1) is 29.5 Å². The molecule has 314 valence electrons. The zero-order chi connectivity index (χ0) is 41.0. The normalized spacial score (nSPS) is 27.4. The summed E-state index contributed by atoms with van der Waals surface area (Å²) in [5.41, 5.74) is 1.41. The van der Waals surface area contributed by atoms with Gasteiger partial charge in [0.2, 0.25) is 27.7 Å². The number of nitrogens with one attached hydrogen (secondary N) is 3. The van der Waals surface area contributed by atoms with Gasteiger partial charge in [0, 0.05) is 17.7 Å². The highest BCUT2D eigenvalue weighted by Gasteiger charge is 2.47. The second kappa shape index (κ2) is 18.1. The van der Waals surface area contributed by atoms with Crippen molar-refractivity contribution in [2.45, 2.75) is 133 Å². The van der Waals surface area contributed by atoms with Gasteiger partial charge in [-0.25, -0.2) is 18.2 Å². The van der Waals surface area contributed by atoms with E-state index in [1.165, 1.54) is 11.0 Å². The second-order valence-electron chi connectivity index (χ2n) is 16.5. The maximum absolute atomic E-state index is 14.9. The third-order valence-corrected chi connectivity index (χ3v) is 14.3. The minimum Gasteiger partial charge on any atom is -0.493 e. The molecular formula is C43H57N5O9S. The second-order valence-corrected chi connectivity index (χ2v) is 18.5. The van der Waals surface area contributed by atoms with Crippen LogP contribution in [0.4, 0.5) is 4.79 Å². The molecule has 0 radical (unpaired) electrons. The highest BCUT2D eigenvalue weighted by Crippen LogP contribution is 2.39. The number of pyridine rings is 1. The number of aromatic nitrogens is 1. The molecule has 3 saturated carbocycles. The average Bonchev–Trinajstić information content (AvgIpc) is 3.54. The lowest BCUT2D eigenvalue weighted by Crippen LogP contribution is -2.59. The van der Waals surface area contributed by atoms with E-state index in [0.29, 0.717) is 43.0 Å². The van der Waals surface area contributed by atoms with E-state index < -0.39 is 69.2 Å². The molecule has 2 unspecified atom stereocenters. The molecule has 3 N–H and O–H groups in total. The molecule has 4 amide bonds. The number of allylic oxidation sites excluding steroid dienone is 2. The van der Waals surface area contributed by atoms with E-state index in [0.717, 1.165) is 68.7 Å². The molecule has 3 heterocycles. The lowest BCUT2D eigenvalue weighted by Gasteiger charge is -2.32. The molecule has 0 spiro atoms. The Morgan fingerprint density at radius 2 is 1.79 bits per heavy atom. The first-order valence-electron chi connectivity index (χ1n) is 21.1. The first kappa shape index (κ1) is 41.5. The maximum atomic E-state index is 14.9. The summed E-state index contributed by atoms with van der Waals surface area (Å²) in [6.45, 7) is 7.76. The van der Waals surface area contributed by atoms with Crippen LogP contribution in [0.25, 0.3) is 10.9 Å². The molecule has 58 heavy (non-hydrogen) atoms. The summed E-state index contributed by atoms with van der Waals surface area (Å²) in [6, 6.07) is 4.28. The third kappa shape index (κ3) is 9.29. The Bertz CT molecular complexity index is 2010. The summed E-state index contributed by atoms with van der Waals surface area (Å²) in [5.74, 6) is -1.64. The summed E-state index contributed by atoms with van der Waals surface area (Å²) in [6.07, 6.45) is 13.0. The molecule has 1 aromatic heterocycles. The summed E-state index contributed by atoms with van der Waals surface area (Å²) in [4.78, 5) is 62.9. The summed E-state index contributed by atoms with van der Waals surface area (Å²) in [7, 11) is -3.91. The predicted octanol–water partition coefficient (Wildman–Crippen LogP) is 5.24. The van der Waals surface area contributed by atoms with Crippen LogP contribution in [0.2, 0.25) is 0 Å². The molecule has 2 aromatic rings. The van der Waals surface area contributed by atoms with E-state index in [2.05, 4.69) is 34.1 Å². The standard InChI is InChI=1S/C43H57N5O9S/c1-4-26(3)36(40(50)47-58(53,54)30-22-23-30)45-39(49)34-24-29-25-48(34)42(51)37(28-15-9-10-16-28)46-43(52)57-35-21-13-17-27(35)14-7-6-8-19-32-38(55-5-2)31-18-11-12-20-33(31)44-41(32)56-29/h4,6,8,11-12,18,20,26-30,34-37H,1,5,7,9-10,13-17,19,21-25H2,2-3H3,(H,45,49)(H,46,52)(H,47,50)/b8-6-/t26-,27?,29+,34-,35+,36?,37-/m0/s1. The fraction of sp³-hybridized carbons (Fsp3) is 0.605. The fourth-order valence-electron chi connectivity index (χ4n) is 9.07. The van der Waals surface area contributed by atoms with Gasteiger partial charge >= 0.3 is 6.09 Å². The van der Waals surface area contributed by atoms with Crippen LogP contribution < -0.4 is 24.8 Å². The number of sulfonamides is 1. The van der Waals surface area contributed by atoms with E-state index in [4.69, 9.17) is 19.2 Å². The molecule has 7 rings (SSSR count). The van der Waals surface area contributed by atoms with Crippen LogP contribution in [0.15, 0.2) is 49.1 Å². The minimum atomic E-state index is -3.91. The van der Waals surface area contributed by atoms with Gasteiger partial charge in [-0.2, -0.15) is 0 Å². The Kier molecular flexibility index (Phi) is 12.9. The average molecular weight is 820 g/mol. The van der Waals surface area contributed by atoms with E-state index >= 15 is 0 Å². The van der Waals surface area contributed by atoms with Crippen LogP contribution >= 0.6 is 0 Å². The SMILES string of the molecule is C=C[C@H](C)C(NC(=O)[C@@H]1C[C@@H]2CN1C(=O)[C@H](C1CCCC1)NC(=O)O[C@@H]1CCCC1CC/C=C\Cc1c(nc3ccccc3c1OCC)O2)C(=O)NS(=O)(=O)C1CC1. The van der Waals surface area contributed by atoms with Gasteiger partial charge in [0.25, 0.3) is 5.91 Å². The first-order chi connectivity index (χ1) is 28.0. The number of nitrogens with zero attached hydrogens (tertiary/aromatic N) is 2. The summed E-state index contributed by atoms with van der Waals surface area (Å²) in [5, 5.41) is 5.90. The smallest absolute Gasteiger partial charge is 0.408 e. The number of amides is 4. The van der Waals surface area contributed by atoms with E-state index in [1.54, 1.807) is 6.92 Å². The molecule has 2 bridgehead atoms. The van der Waals surface area contributed by atoms with Gasteiger partial charge in [-0.1, -0.05) is 50.1 Å².